The van der Waals surface area contributed by atoms with Gasteiger partial charge in [-0.25, -0.2) is 9.37 Å². The van der Waals surface area contributed by atoms with Gasteiger partial charge in [0.25, 0.3) is 0 Å². The number of nitrogens with one attached hydrogen (secondary N) is 2. The SMILES string of the molecule is CC(C)C1NC2(C(=O)c3ccccc3C2=O)C(C(=O)c2nc3ccccc3[nH]2)C1c1ccc(Cl)c(F)c1. The van der Waals surface area contributed by atoms with E-state index >= 15 is 0 Å². The summed E-state index contributed by atoms with van der Waals surface area (Å²) >= 11 is 5.97. The van der Waals surface area contributed by atoms with Crippen molar-refractivity contribution in [3.8, 4) is 0 Å². The summed E-state index contributed by atoms with van der Waals surface area (Å²) in [6, 6.07) is 17.7. The number of H-pyrrole nitrogens is 1. The Bertz CT molecular complexity index is 1540. The fourth-order valence-corrected chi connectivity index (χ4v) is 6.13. The predicted molar refractivity (Wildman–Crippen MR) is 138 cm³/mol. The van der Waals surface area contributed by atoms with E-state index in [1.54, 1.807) is 42.5 Å². The average molecular weight is 516 g/mol. The lowest BCUT2D eigenvalue weighted by Gasteiger charge is -2.29. The fourth-order valence-electron chi connectivity index (χ4n) is 6.02. The van der Waals surface area contributed by atoms with Gasteiger partial charge in [-0.1, -0.05) is 67.9 Å². The Kier molecular flexibility index (Phi) is 5.40. The maximum atomic E-state index is 14.7. The fraction of sp³-hybridized carbons (Fsp3) is 0.241. The molecule has 2 aliphatic rings. The molecule has 2 N–H and O–H groups in total. The van der Waals surface area contributed by atoms with Crippen molar-refractivity contribution >= 4 is 40.0 Å². The third kappa shape index (κ3) is 3.34. The quantitative estimate of drug-likeness (QED) is 0.281. The summed E-state index contributed by atoms with van der Waals surface area (Å²) in [6.07, 6.45) is 0. The van der Waals surface area contributed by atoms with E-state index in [0.717, 1.165) is 0 Å². The Labute approximate surface area is 217 Å². The first-order valence-electron chi connectivity index (χ1n) is 12.1. The number of para-hydroxylation sites is 2. The van der Waals surface area contributed by atoms with Crippen LogP contribution in [0.4, 0.5) is 4.39 Å². The van der Waals surface area contributed by atoms with Gasteiger partial charge in [-0.15, -0.1) is 0 Å². The van der Waals surface area contributed by atoms with Crippen LogP contribution < -0.4 is 5.32 Å². The first kappa shape index (κ1) is 23.7. The number of aromatic amines is 1. The zero-order chi connectivity index (χ0) is 26.1. The minimum absolute atomic E-state index is 0.0489. The molecule has 1 aromatic heterocycles. The summed E-state index contributed by atoms with van der Waals surface area (Å²) in [5.74, 6) is -3.95. The van der Waals surface area contributed by atoms with Crippen molar-refractivity contribution in [3.05, 3.63) is 100 Å². The summed E-state index contributed by atoms with van der Waals surface area (Å²) in [4.78, 5) is 50.0. The lowest BCUT2D eigenvalue weighted by Crippen LogP contribution is -2.58. The average Bonchev–Trinajstić information content (AvgIpc) is 3.55. The molecular formula is C29H23ClFN3O3. The van der Waals surface area contributed by atoms with Crippen LogP contribution in [0.15, 0.2) is 66.7 Å². The Hall–Kier alpha value is -3.68. The zero-order valence-corrected chi connectivity index (χ0v) is 20.8. The van der Waals surface area contributed by atoms with E-state index in [0.29, 0.717) is 16.6 Å². The molecule has 186 valence electrons. The first-order valence-corrected chi connectivity index (χ1v) is 12.5. The van der Waals surface area contributed by atoms with E-state index in [-0.39, 0.29) is 27.9 Å². The van der Waals surface area contributed by atoms with E-state index in [2.05, 4.69) is 15.3 Å². The summed E-state index contributed by atoms with van der Waals surface area (Å²) in [5, 5.41) is 3.26. The van der Waals surface area contributed by atoms with Crippen LogP contribution in [0.1, 0.15) is 56.7 Å². The van der Waals surface area contributed by atoms with Crippen LogP contribution in [0, 0.1) is 17.7 Å². The molecule has 37 heavy (non-hydrogen) atoms. The molecule has 0 amide bonds. The second kappa shape index (κ2) is 8.43. The molecule has 6 rings (SSSR count). The van der Waals surface area contributed by atoms with Crippen molar-refractivity contribution in [1.82, 2.24) is 15.3 Å². The number of nitrogens with zero attached hydrogens (tertiary/aromatic N) is 1. The smallest absolute Gasteiger partial charge is 0.204 e. The molecule has 4 aromatic rings. The van der Waals surface area contributed by atoms with Gasteiger partial charge in [0.15, 0.2) is 22.9 Å². The highest BCUT2D eigenvalue weighted by Gasteiger charge is 2.68. The molecule has 1 aliphatic carbocycles. The van der Waals surface area contributed by atoms with Gasteiger partial charge in [-0.2, -0.15) is 0 Å². The summed E-state index contributed by atoms with van der Waals surface area (Å²) in [5.41, 5.74) is 0.437. The van der Waals surface area contributed by atoms with E-state index in [1.165, 1.54) is 12.1 Å². The number of carbonyl (C=O) groups is 3. The first-order chi connectivity index (χ1) is 17.7. The molecule has 3 atom stereocenters. The Balaban J connectivity index is 1.60. The van der Waals surface area contributed by atoms with Crippen molar-refractivity contribution in [2.45, 2.75) is 31.3 Å². The molecule has 1 aliphatic heterocycles. The van der Waals surface area contributed by atoms with Crippen LogP contribution in [0.2, 0.25) is 5.02 Å². The lowest BCUT2D eigenvalue weighted by molar-refractivity contribution is 0.0652. The van der Waals surface area contributed by atoms with Gasteiger partial charge >= 0.3 is 0 Å². The van der Waals surface area contributed by atoms with E-state index in [9.17, 15) is 18.8 Å². The minimum Gasteiger partial charge on any atom is -0.335 e. The van der Waals surface area contributed by atoms with Crippen LogP contribution in [0.25, 0.3) is 11.0 Å². The van der Waals surface area contributed by atoms with Gasteiger partial charge in [-0.3, -0.25) is 19.7 Å². The van der Waals surface area contributed by atoms with Gasteiger partial charge in [0, 0.05) is 23.1 Å². The van der Waals surface area contributed by atoms with Crippen LogP contribution in [-0.4, -0.2) is 38.9 Å². The zero-order valence-electron chi connectivity index (χ0n) is 20.1. The van der Waals surface area contributed by atoms with Gasteiger partial charge in [0.1, 0.15) is 5.82 Å². The van der Waals surface area contributed by atoms with Crippen molar-refractivity contribution in [2.75, 3.05) is 0 Å². The van der Waals surface area contributed by atoms with Crippen molar-refractivity contribution < 1.29 is 18.8 Å². The number of Topliss-reactive ketones (excluding diaryl/α,β-unsaturated/α-hetero) is 3. The van der Waals surface area contributed by atoms with Crippen LogP contribution in [-0.2, 0) is 0 Å². The maximum absolute atomic E-state index is 14.7. The number of carbonyl (C=O) groups excluding carboxylic acids is 3. The lowest BCUT2D eigenvalue weighted by atomic mass is 9.70. The molecule has 0 radical (unpaired) electrons. The largest absolute Gasteiger partial charge is 0.335 e. The monoisotopic (exact) mass is 515 g/mol. The van der Waals surface area contributed by atoms with Crippen molar-refractivity contribution in [2.24, 2.45) is 11.8 Å². The Morgan fingerprint density at radius 2 is 1.65 bits per heavy atom. The number of fused-ring (bicyclic) bond motifs is 2. The maximum Gasteiger partial charge on any atom is 0.204 e. The Morgan fingerprint density at radius 1 is 1.00 bits per heavy atom. The number of rotatable bonds is 4. The van der Waals surface area contributed by atoms with Crippen molar-refractivity contribution in [1.29, 1.82) is 0 Å². The topological polar surface area (TPSA) is 91.9 Å². The summed E-state index contributed by atoms with van der Waals surface area (Å²) in [6.45, 7) is 3.88. The molecule has 8 heteroatoms. The number of hydrogen-bond donors (Lipinski definition) is 2. The van der Waals surface area contributed by atoms with Gasteiger partial charge in [0.05, 0.1) is 22.0 Å². The molecule has 1 spiro atoms. The number of hydrogen-bond acceptors (Lipinski definition) is 5. The highest BCUT2D eigenvalue weighted by molar-refractivity contribution is 6.35. The number of ketones is 3. The molecule has 1 saturated heterocycles. The molecule has 1 fully saturated rings. The molecule has 0 saturated carbocycles. The molecule has 3 unspecified atom stereocenters. The third-order valence-electron chi connectivity index (χ3n) is 7.69. The highest BCUT2D eigenvalue weighted by atomic mass is 35.5. The van der Waals surface area contributed by atoms with Crippen LogP contribution >= 0.6 is 11.6 Å². The predicted octanol–water partition coefficient (Wildman–Crippen LogP) is 5.38. The minimum atomic E-state index is -1.84. The van der Waals surface area contributed by atoms with Crippen LogP contribution in [0.5, 0.6) is 0 Å². The van der Waals surface area contributed by atoms with Crippen LogP contribution in [0.3, 0.4) is 0 Å². The summed E-state index contributed by atoms with van der Waals surface area (Å²) in [7, 11) is 0. The van der Waals surface area contributed by atoms with Crippen molar-refractivity contribution in [3.63, 3.8) is 0 Å². The normalized spacial score (nSPS) is 22.4. The highest BCUT2D eigenvalue weighted by Crippen LogP contribution is 2.51. The van der Waals surface area contributed by atoms with Gasteiger partial charge < -0.3 is 4.98 Å². The second-order valence-corrected chi connectivity index (χ2v) is 10.5. The van der Waals surface area contributed by atoms with E-state index < -0.39 is 46.6 Å². The van der Waals surface area contributed by atoms with E-state index in [4.69, 9.17) is 11.6 Å². The number of imidazole rings is 1. The molecule has 3 aromatic carbocycles. The number of aromatic nitrogens is 2. The van der Waals surface area contributed by atoms with Gasteiger partial charge in [-0.05, 0) is 35.7 Å². The summed E-state index contributed by atoms with van der Waals surface area (Å²) < 4.78 is 14.7. The standard InChI is InChI=1S/C29H23ClFN3O3/c1-14(2)24-22(15-11-12-18(30)19(31)13-15)23(25(35)28-32-20-9-5-6-10-21(20)33-28)29(34-24)26(36)16-7-3-4-8-17(16)27(29)37/h3-14,22-24,34H,1-2H3,(H,32,33). The van der Waals surface area contributed by atoms with Gasteiger partial charge in [0.2, 0.25) is 5.78 Å². The molecular weight excluding hydrogens is 493 g/mol. The van der Waals surface area contributed by atoms with E-state index in [1.807, 2.05) is 26.0 Å². The third-order valence-corrected chi connectivity index (χ3v) is 8.00. The molecule has 2 heterocycles. The number of benzene rings is 3. The molecule has 0 bridgehead atoms. The second-order valence-electron chi connectivity index (χ2n) is 10.1. The number of halogens is 2. The molecule has 6 nitrogen and oxygen atoms in total. The Morgan fingerprint density at radius 3 is 2.27 bits per heavy atom.